The summed E-state index contributed by atoms with van der Waals surface area (Å²) in [4.78, 5) is 25.1. The van der Waals surface area contributed by atoms with Crippen LogP contribution in [0.1, 0.15) is 13.8 Å². The lowest BCUT2D eigenvalue weighted by atomic mass is 10.2. The Morgan fingerprint density at radius 3 is 2.50 bits per heavy atom. The zero-order valence-electron chi connectivity index (χ0n) is 10.1. The molecule has 0 aliphatic heterocycles. The largest absolute Gasteiger partial charge is 0.369 e. The van der Waals surface area contributed by atoms with E-state index < -0.39 is 11.7 Å². The van der Waals surface area contributed by atoms with E-state index in [4.69, 9.17) is 0 Å². The molecular weight excluding hydrogens is 234 g/mol. The monoisotopic (exact) mass is 247 g/mol. The molecule has 0 saturated carbocycles. The predicted molar refractivity (Wildman–Crippen MR) is 65.5 cm³/mol. The van der Waals surface area contributed by atoms with Crippen LogP contribution in [0, 0.1) is 0 Å². The molecule has 1 aromatic carbocycles. The van der Waals surface area contributed by atoms with E-state index in [1.54, 1.807) is 12.1 Å². The third-order valence-corrected chi connectivity index (χ3v) is 2.41. The predicted octanol–water partition coefficient (Wildman–Crippen LogP) is 0.849. The first-order valence-corrected chi connectivity index (χ1v) is 5.50. The first-order chi connectivity index (χ1) is 8.61. The number of anilines is 1. The lowest BCUT2D eigenvalue weighted by Crippen LogP contribution is -2.44. The molecule has 0 spiro atoms. The Labute approximate surface area is 103 Å². The van der Waals surface area contributed by atoms with E-state index in [1.807, 2.05) is 32.0 Å². The molecule has 0 unspecified atom stereocenters. The molecule has 0 radical (unpaired) electrons. The average Bonchev–Trinajstić information content (AvgIpc) is 2.76. The number of nitrogens with one attached hydrogen (secondary N) is 1. The van der Waals surface area contributed by atoms with E-state index in [9.17, 15) is 9.59 Å². The van der Waals surface area contributed by atoms with E-state index in [0.717, 1.165) is 0 Å². The van der Waals surface area contributed by atoms with Gasteiger partial charge in [0, 0.05) is 11.7 Å². The van der Waals surface area contributed by atoms with Crippen molar-refractivity contribution in [3.05, 3.63) is 40.8 Å². The number of rotatable bonds is 2. The normalized spacial score (nSPS) is 10.6. The van der Waals surface area contributed by atoms with Gasteiger partial charge in [-0.25, -0.2) is 14.7 Å². The maximum absolute atomic E-state index is 12.2. The van der Waals surface area contributed by atoms with Crippen LogP contribution in [0.5, 0.6) is 0 Å². The second-order valence-corrected chi connectivity index (χ2v) is 4.00. The Morgan fingerprint density at radius 2 is 2.00 bits per heavy atom. The second kappa shape index (κ2) is 4.82. The van der Waals surface area contributed by atoms with Gasteiger partial charge in [0.25, 0.3) is 0 Å². The van der Waals surface area contributed by atoms with Gasteiger partial charge in [0.1, 0.15) is 0 Å². The third kappa shape index (κ3) is 2.15. The Balaban J connectivity index is 2.41. The molecule has 2 rings (SSSR count). The average molecular weight is 247 g/mol. The molecule has 7 heteroatoms. The van der Waals surface area contributed by atoms with Gasteiger partial charge in [-0.2, -0.15) is 0 Å². The number of hydrogen-bond donors (Lipinski definition) is 1. The van der Waals surface area contributed by atoms with Gasteiger partial charge in [-0.3, -0.25) is 4.90 Å². The third-order valence-electron chi connectivity index (χ3n) is 2.41. The van der Waals surface area contributed by atoms with Crippen LogP contribution in [0.3, 0.4) is 0 Å². The highest BCUT2D eigenvalue weighted by molar-refractivity contribution is 5.93. The van der Waals surface area contributed by atoms with Gasteiger partial charge in [-0.1, -0.05) is 18.2 Å². The van der Waals surface area contributed by atoms with Crippen molar-refractivity contribution < 1.29 is 4.79 Å². The summed E-state index contributed by atoms with van der Waals surface area (Å²) in [5.41, 5.74) is 0.0500. The van der Waals surface area contributed by atoms with Gasteiger partial charge in [0.15, 0.2) is 0 Å². The number of carbonyl (C=O) groups is 1. The zero-order chi connectivity index (χ0) is 13.1. The first kappa shape index (κ1) is 12.0. The number of H-pyrrole nitrogens is 1. The Morgan fingerprint density at radius 1 is 1.33 bits per heavy atom. The minimum Gasteiger partial charge on any atom is -0.290 e. The second-order valence-electron chi connectivity index (χ2n) is 4.00. The van der Waals surface area contributed by atoms with Crippen LogP contribution in [0.2, 0.25) is 0 Å². The molecule has 1 amide bonds. The summed E-state index contributed by atoms with van der Waals surface area (Å²) in [5.74, 6) is 0. The van der Waals surface area contributed by atoms with Crippen molar-refractivity contribution in [1.29, 1.82) is 0 Å². The fraction of sp³-hybridized carbons (Fsp3) is 0.273. The fourth-order valence-corrected chi connectivity index (χ4v) is 1.64. The van der Waals surface area contributed by atoms with Crippen molar-refractivity contribution in [3.63, 3.8) is 0 Å². The SMILES string of the molecule is CC(C)N(C(=O)n1nn[nH]c1=O)c1ccccc1. The van der Waals surface area contributed by atoms with Gasteiger partial charge < -0.3 is 0 Å². The lowest BCUT2D eigenvalue weighted by Gasteiger charge is -2.25. The quantitative estimate of drug-likeness (QED) is 0.797. The van der Waals surface area contributed by atoms with Crippen LogP contribution in [0.25, 0.3) is 0 Å². The molecule has 2 aromatic rings. The van der Waals surface area contributed by atoms with E-state index in [2.05, 4.69) is 15.5 Å². The molecule has 18 heavy (non-hydrogen) atoms. The number of hydrogen-bond acceptors (Lipinski definition) is 4. The van der Waals surface area contributed by atoms with Crippen LogP contribution in [-0.4, -0.2) is 32.3 Å². The van der Waals surface area contributed by atoms with Gasteiger partial charge in [0.2, 0.25) is 0 Å². The Kier molecular flexibility index (Phi) is 3.22. The molecule has 94 valence electrons. The number of aromatic nitrogens is 4. The molecule has 1 heterocycles. The summed E-state index contributed by atoms with van der Waals surface area (Å²) in [6, 6.07) is 8.45. The van der Waals surface area contributed by atoms with Crippen molar-refractivity contribution >= 4 is 11.7 Å². The summed E-state index contributed by atoms with van der Waals surface area (Å²) in [7, 11) is 0. The molecule has 0 aliphatic rings. The van der Waals surface area contributed by atoms with Gasteiger partial charge in [0.05, 0.1) is 0 Å². The van der Waals surface area contributed by atoms with Crippen LogP contribution < -0.4 is 10.6 Å². The molecule has 1 N–H and O–H groups in total. The molecule has 0 fully saturated rings. The number of benzene rings is 1. The standard InChI is InChI=1S/C11H13N5O2/c1-8(2)15(9-6-4-3-5-7-9)11(18)16-10(17)12-13-14-16/h3-8H,1-2H3,(H,12,14,17). The number of para-hydroxylation sites is 1. The molecular formula is C11H13N5O2. The van der Waals surface area contributed by atoms with Crippen molar-refractivity contribution in [2.75, 3.05) is 4.90 Å². The number of amides is 1. The first-order valence-electron chi connectivity index (χ1n) is 5.50. The number of nitrogens with zero attached hydrogens (tertiary/aromatic N) is 4. The number of aromatic amines is 1. The summed E-state index contributed by atoms with van der Waals surface area (Å²) < 4.78 is 0.701. The maximum Gasteiger partial charge on any atom is 0.369 e. The topological polar surface area (TPSA) is 83.9 Å². The molecule has 1 aromatic heterocycles. The van der Waals surface area contributed by atoms with Crippen LogP contribution in [0.15, 0.2) is 35.1 Å². The van der Waals surface area contributed by atoms with E-state index in [1.165, 1.54) is 4.90 Å². The summed E-state index contributed by atoms with van der Waals surface area (Å²) >= 11 is 0. The fourth-order valence-electron chi connectivity index (χ4n) is 1.64. The van der Waals surface area contributed by atoms with Crippen molar-refractivity contribution in [1.82, 2.24) is 20.2 Å². The minimum atomic E-state index is -0.651. The zero-order valence-corrected chi connectivity index (χ0v) is 10.1. The molecule has 7 nitrogen and oxygen atoms in total. The van der Waals surface area contributed by atoms with Crippen LogP contribution >= 0.6 is 0 Å². The summed E-state index contributed by atoms with van der Waals surface area (Å²) in [6.45, 7) is 3.71. The minimum absolute atomic E-state index is 0.108. The highest BCUT2D eigenvalue weighted by Gasteiger charge is 2.23. The molecule has 0 bridgehead atoms. The lowest BCUT2D eigenvalue weighted by molar-refractivity contribution is 0.242. The molecule has 0 atom stereocenters. The van der Waals surface area contributed by atoms with Crippen LogP contribution in [0.4, 0.5) is 10.5 Å². The number of carbonyl (C=O) groups excluding carboxylic acids is 1. The molecule has 0 saturated heterocycles. The van der Waals surface area contributed by atoms with E-state index in [0.29, 0.717) is 10.4 Å². The Bertz CT molecular complexity index is 587. The van der Waals surface area contributed by atoms with E-state index >= 15 is 0 Å². The van der Waals surface area contributed by atoms with Gasteiger partial charge >= 0.3 is 11.7 Å². The van der Waals surface area contributed by atoms with Gasteiger partial charge in [-0.15, -0.1) is 4.68 Å². The van der Waals surface area contributed by atoms with Crippen molar-refractivity contribution in [3.8, 4) is 0 Å². The molecule has 0 aliphatic carbocycles. The Hall–Kier alpha value is -2.44. The van der Waals surface area contributed by atoms with Crippen LogP contribution in [-0.2, 0) is 0 Å². The highest BCUT2D eigenvalue weighted by Crippen LogP contribution is 2.16. The van der Waals surface area contributed by atoms with E-state index in [-0.39, 0.29) is 6.04 Å². The maximum atomic E-state index is 12.2. The highest BCUT2D eigenvalue weighted by atomic mass is 16.2. The van der Waals surface area contributed by atoms with Crippen molar-refractivity contribution in [2.45, 2.75) is 19.9 Å². The van der Waals surface area contributed by atoms with Gasteiger partial charge in [-0.05, 0) is 36.4 Å². The smallest absolute Gasteiger partial charge is 0.290 e. The summed E-state index contributed by atoms with van der Waals surface area (Å²) in [6.07, 6.45) is 0. The number of tetrazole rings is 1. The van der Waals surface area contributed by atoms with Crippen molar-refractivity contribution in [2.24, 2.45) is 0 Å². The summed E-state index contributed by atoms with van der Waals surface area (Å²) in [5, 5.41) is 8.85.